The van der Waals surface area contributed by atoms with Gasteiger partial charge in [0.2, 0.25) is 12.3 Å². The number of carbonyl (C=O) groups excluding carboxylic acids is 3. The van der Waals surface area contributed by atoms with Gasteiger partial charge in [-0.2, -0.15) is 5.10 Å². The van der Waals surface area contributed by atoms with E-state index in [9.17, 15) is 14.4 Å². The SMILES string of the molecule is CN/N=c1/c(C(=O)N2CC3(CCC(CNC(C)=O)O3)C2)cccn1C=O. The van der Waals surface area contributed by atoms with Gasteiger partial charge in [0.15, 0.2) is 5.49 Å². The molecule has 0 radical (unpaired) electrons. The van der Waals surface area contributed by atoms with E-state index in [1.54, 1.807) is 30.3 Å². The minimum atomic E-state index is -0.325. The molecule has 3 heterocycles. The standard InChI is InChI=1S/C17H23N5O4/c1-12(24)19-8-13-5-6-17(26-13)9-22(10-17)16(25)14-4-3-7-21(11-23)15(14)20-18-2/h3-4,7,11,13,18H,5-6,8-10H2,1-2H3,(H,19,24)/b20-15-. The maximum absolute atomic E-state index is 12.8. The number of nitrogens with zero attached hydrogens (tertiary/aromatic N) is 3. The molecule has 1 unspecified atom stereocenters. The van der Waals surface area contributed by atoms with Crippen LogP contribution in [0.3, 0.4) is 0 Å². The van der Waals surface area contributed by atoms with Gasteiger partial charge in [-0.3, -0.25) is 19.0 Å². The summed E-state index contributed by atoms with van der Waals surface area (Å²) in [5.41, 5.74) is 2.93. The Hall–Kier alpha value is -2.68. The van der Waals surface area contributed by atoms with Crippen LogP contribution in [0.4, 0.5) is 0 Å². The number of hydrogen-bond acceptors (Lipinski definition) is 6. The fourth-order valence-electron chi connectivity index (χ4n) is 3.48. The van der Waals surface area contributed by atoms with E-state index in [1.807, 2.05) is 0 Å². The molecular weight excluding hydrogens is 338 g/mol. The van der Waals surface area contributed by atoms with Crippen molar-refractivity contribution in [3.05, 3.63) is 29.4 Å². The highest BCUT2D eigenvalue weighted by Gasteiger charge is 2.51. The first kappa shape index (κ1) is 18.1. The van der Waals surface area contributed by atoms with Gasteiger partial charge in [-0.1, -0.05) is 0 Å². The van der Waals surface area contributed by atoms with Crippen molar-refractivity contribution in [2.24, 2.45) is 5.10 Å². The average Bonchev–Trinajstić information content (AvgIpc) is 3.03. The molecule has 2 fully saturated rings. The number of carbonyl (C=O) groups is 3. The zero-order valence-electron chi connectivity index (χ0n) is 14.9. The number of hydrogen-bond donors (Lipinski definition) is 2. The van der Waals surface area contributed by atoms with Crippen molar-refractivity contribution in [2.45, 2.75) is 31.5 Å². The topological polar surface area (TPSA) is 105 Å². The maximum Gasteiger partial charge on any atom is 0.257 e. The molecule has 0 aliphatic carbocycles. The molecule has 1 aromatic heterocycles. The van der Waals surface area contributed by atoms with E-state index < -0.39 is 0 Å². The highest BCUT2D eigenvalue weighted by molar-refractivity contribution is 5.94. The summed E-state index contributed by atoms with van der Waals surface area (Å²) >= 11 is 0. The molecule has 1 spiro atoms. The maximum atomic E-state index is 12.8. The van der Waals surface area contributed by atoms with Gasteiger partial charge < -0.3 is 20.4 Å². The zero-order valence-corrected chi connectivity index (χ0v) is 14.9. The van der Waals surface area contributed by atoms with Crippen molar-refractivity contribution in [3.8, 4) is 0 Å². The average molecular weight is 361 g/mol. The molecule has 0 bridgehead atoms. The first-order valence-corrected chi connectivity index (χ1v) is 8.56. The number of pyridine rings is 1. The Balaban J connectivity index is 1.67. The Kier molecular flexibility index (Phi) is 5.08. The van der Waals surface area contributed by atoms with Crippen LogP contribution in [0.2, 0.25) is 0 Å². The Bertz CT molecular complexity index is 782. The van der Waals surface area contributed by atoms with Gasteiger partial charge in [0.1, 0.15) is 5.60 Å². The van der Waals surface area contributed by atoms with E-state index in [4.69, 9.17) is 4.74 Å². The smallest absolute Gasteiger partial charge is 0.257 e. The Morgan fingerprint density at radius 3 is 2.88 bits per heavy atom. The minimum Gasteiger partial charge on any atom is -0.366 e. The van der Waals surface area contributed by atoms with Crippen LogP contribution in [0.15, 0.2) is 23.4 Å². The van der Waals surface area contributed by atoms with Crippen LogP contribution in [-0.2, 0) is 14.3 Å². The van der Waals surface area contributed by atoms with E-state index in [2.05, 4.69) is 15.8 Å². The summed E-state index contributed by atoms with van der Waals surface area (Å²) in [6, 6.07) is 3.29. The van der Waals surface area contributed by atoms with Gasteiger partial charge in [0, 0.05) is 26.7 Å². The molecule has 1 atom stereocenters. The summed E-state index contributed by atoms with van der Waals surface area (Å²) in [7, 11) is 1.61. The number of rotatable bonds is 5. The number of likely N-dealkylation sites (tertiary alicyclic amines) is 1. The Morgan fingerprint density at radius 1 is 1.46 bits per heavy atom. The number of amides is 2. The van der Waals surface area contributed by atoms with Crippen LogP contribution in [0.5, 0.6) is 0 Å². The lowest BCUT2D eigenvalue weighted by atomic mass is 9.90. The van der Waals surface area contributed by atoms with Crippen molar-refractivity contribution >= 4 is 18.2 Å². The fraction of sp³-hybridized carbons (Fsp3) is 0.529. The molecule has 1 aromatic rings. The lowest BCUT2D eigenvalue weighted by Crippen LogP contribution is -2.64. The van der Waals surface area contributed by atoms with E-state index in [1.165, 1.54) is 11.5 Å². The zero-order chi connectivity index (χ0) is 18.7. The van der Waals surface area contributed by atoms with Gasteiger partial charge in [0.25, 0.3) is 5.91 Å². The summed E-state index contributed by atoms with van der Waals surface area (Å²) in [6.45, 7) is 2.97. The number of aromatic nitrogens is 1. The van der Waals surface area contributed by atoms with Crippen molar-refractivity contribution in [1.29, 1.82) is 0 Å². The lowest BCUT2D eigenvalue weighted by molar-refractivity contribution is -0.127. The van der Waals surface area contributed by atoms with Crippen LogP contribution < -0.4 is 16.2 Å². The van der Waals surface area contributed by atoms with Gasteiger partial charge in [-0.15, -0.1) is 0 Å². The molecular formula is C17H23N5O4. The highest BCUT2D eigenvalue weighted by Crippen LogP contribution is 2.38. The predicted molar refractivity (Wildman–Crippen MR) is 92.6 cm³/mol. The summed E-state index contributed by atoms with van der Waals surface area (Å²) in [4.78, 5) is 36.7. The molecule has 2 amide bonds. The number of nitrogens with one attached hydrogen (secondary N) is 2. The van der Waals surface area contributed by atoms with Crippen LogP contribution in [0.25, 0.3) is 0 Å². The van der Waals surface area contributed by atoms with Crippen LogP contribution in [-0.4, -0.2) is 66.1 Å². The molecule has 2 aliphatic rings. The summed E-state index contributed by atoms with van der Waals surface area (Å²) < 4.78 is 7.33. The van der Waals surface area contributed by atoms with E-state index in [-0.39, 0.29) is 29.0 Å². The first-order chi connectivity index (χ1) is 12.5. The molecule has 0 aromatic carbocycles. The van der Waals surface area contributed by atoms with Gasteiger partial charge >= 0.3 is 0 Å². The summed E-state index contributed by atoms with van der Waals surface area (Å²) in [5, 5.41) is 6.81. The van der Waals surface area contributed by atoms with Gasteiger partial charge in [-0.25, -0.2) is 0 Å². The largest absolute Gasteiger partial charge is 0.366 e. The first-order valence-electron chi connectivity index (χ1n) is 8.56. The summed E-state index contributed by atoms with van der Waals surface area (Å²) in [6.07, 6.45) is 3.86. The molecule has 26 heavy (non-hydrogen) atoms. The molecule has 0 saturated carbocycles. The third kappa shape index (κ3) is 3.48. The summed E-state index contributed by atoms with van der Waals surface area (Å²) in [5.74, 6) is -0.261. The van der Waals surface area contributed by atoms with E-state index in [0.29, 0.717) is 31.6 Å². The predicted octanol–water partition coefficient (Wildman–Crippen LogP) is -0.929. The second kappa shape index (κ2) is 7.28. The van der Waals surface area contributed by atoms with Crippen LogP contribution in [0, 0.1) is 0 Å². The van der Waals surface area contributed by atoms with Crippen molar-refractivity contribution in [2.75, 3.05) is 26.7 Å². The normalized spacial score (nSPS) is 21.4. The lowest BCUT2D eigenvalue weighted by Gasteiger charge is -2.47. The second-order valence-electron chi connectivity index (χ2n) is 6.65. The Morgan fingerprint density at radius 2 is 2.23 bits per heavy atom. The van der Waals surface area contributed by atoms with E-state index in [0.717, 1.165) is 12.8 Å². The van der Waals surface area contributed by atoms with Crippen molar-refractivity contribution in [1.82, 2.24) is 20.2 Å². The van der Waals surface area contributed by atoms with Crippen molar-refractivity contribution in [3.63, 3.8) is 0 Å². The van der Waals surface area contributed by atoms with Gasteiger partial charge in [0.05, 0.1) is 24.8 Å². The minimum absolute atomic E-state index is 0.0139. The Labute approximate surface area is 151 Å². The molecule has 2 N–H and O–H groups in total. The number of ether oxygens (including phenoxy) is 1. The molecule has 9 heteroatoms. The monoisotopic (exact) mass is 361 g/mol. The van der Waals surface area contributed by atoms with Crippen LogP contribution >= 0.6 is 0 Å². The highest BCUT2D eigenvalue weighted by atomic mass is 16.5. The van der Waals surface area contributed by atoms with Crippen molar-refractivity contribution < 1.29 is 19.1 Å². The molecule has 2 saturated heterocycles. The van der Waals surface area contributed by atoms with E-state index >= 15 is 0 Å². The molecule has 140 valence electrons. The second-order valence-corrected chi connectivity index (χ2v) is 6.65. The third-order valence-corrected chi connectivity index (χ3v) is 4.72. The molecule has 2 aliphatic heterocycles. The van der Waals surface area contributed by atoms with Gasteiger partial charge in [-0.05, 0) is 25.0 Å². The third-order valence-electron chi connectivity index (χ3n) is 4.72. The van der Waals surface area contributed by atoms with Crippen LogP contribution in [0.1, 0.15) is 30.1 Å². The quantitative estimate of drug-likeness (QED) is 0.521. The molecule has 9 nitrogen and oxygen atoms in total. The molecule has 3 rings (SSSR count). The fourth-order valence-corrected chi connectivity index (χ4v) is 3.48.